The number of hydrogen-bond acceptors (Lipinski definition) is 2. The van der Waals surface area contributed by atoms with E-state index in [1.165, 1.54) is 6.07 Å². The van der Waals surface area contributed by atoms with Gasteiger partial charge in [-0.15, -0.1) is 0 Å². The summed E-state index contributed by atoms with van der Waals surface area (Å²) in [7, 11) is 0. The summed E-state index contributed by atoms with van der Waals surface area (Å²) in [5.74, 6) is -0.0561. The van der Waals surface area contributed by atoms with Gasteiger partial charge in [-0.25, -0.2) is 4.39 Å². The van der Waals surface area contributed by atoms with Gasteiger partial charge in [-0.3, -0.25) is 4.79 Å². The van der Waals surface area contributed by atoms with E-state index in [1.54, 1.807) is 30.3 Å². The van der Waals surface area contributed by atoms with Crippen LogP contribution in [0.1, 0.15) is 11.1 Å². The van der Waals surface area contributed by atoms with Crippen LogP contribution in [0.3, 0.4) is 0 Å². The molecule has 0 radical (unpaired) electrons. The van der Waals surface area contributed by atoms with Crippen molar-refractivity contribution in [3.63, 3.8) is 0 Å². The molecular formula is C17H17ClFNO2. The van der Waals surface area contributed by atoms with Crippen LogP contribution >= 0.6 is 11.6 Å². The Kier molecular flexibility index (Phi) is 5.78. The minimum Gasteiger partial charge on any atom is -0.482 e. The second kappa shape index (κ2) is 7.80. The third-order valence-electron chi connectivity index (χ3n) is 3.12. The quantitative estimate of drug-likeness (QED) is 0.884. The second-order valence-electron chi connectivity index (χ2n) is 4.91. The maximum absolute atomic E-state index is 13.4. The van der Waals surface area contributed by atoms with Gasteiger partial charge in [0.2, 0.25) is 0 Å². The number of carbonyl (C=O) groups excluding carboxylic acids is 1. The summed E-state index contributed by atoms with van der Waals surface area (Å²) >= 11 is 5.98. The minimum absolute atomic E-state index is 0.125. The number of halogens is 2. The van der Waals surface area contributed by atoms with Crippen LogP contribution in [0.15, 0.2) is 42.5 Å². The zero-order valence-corrected chi connectivity index (χ0v) is 13.0. The molecule has 3 nitrogen and oxygen atoms in total. The topological polar surface area (TPSA) is 38.3 Å². The molecule has 116 valence electrons. The first kappa shape index (κ1) is 16.3. The Labute approximate surface area is 134 Å². The van der Waals surface area contributed by atoms with Crippen LogP contribution < -0.4 is 10.1 Å². The van der Waals surface area contributed by atoms with Crippen LogP contribution in [0.25, 0.3) is 0 Å². The van der Waals surface area contributed by atoms with E-state index in [1.807, 2.05) is 13.0 Å². The minimum atomic E-state index is -0.270. The smallest absolute Gasteiger partial charge is 0.257 e. The Morgan fingerprint density at radius 3 is 2.82 bits per heavy atom. The molecule has 0 aliphatic rings. The predicted molar refractivity (Wildman–Crippen MR) is 84.8 cm³/mol. The molecule has 0 aliphatic heterocycles. The Morgan fingerprint density at radius 2 is 2.05 bits per heavy atom. The summed E-state index contributed by atoms with van der Waals surface area (Å²) < 4.78 is 18.8. The summed E-state index contributed by atoms with van der Waals surface area (Å²) in [4.78, 5) is 11.7. The van der Waals surface area contributed by atoms with Gasteiger partial charge in [0.1, 0.15) is 11.6 Å². The van der Waals surface area contributed by atoms with Crippen LogP contribution in [-0.4, -0.2) is 19.1 Å². The molecule has 0 heterocycles. The van der Waals surface area contributed by atoms with E-state index in [9.17, 15) is 9.18 Å². The van der Waals surface area contributed by atoms with Crippen LogP contribution in [0.4, 0.5) is 4.39 Å². The van der Waals surface area contributed by atoms with E-state index in [0.29, 0.717) is 29.3 Å². The number of ether oxygens (including phenoxy) is 1. The normalized spacial score (nSPS) is 10.3. The molecule has 2 aromatic rings. The molecule has 0 saturated carbocycles. The number of hydrogen-bond donors (Lipinski definition) is 1. The summed E-state index contributed by atoms with van der Waals surface area (Å²) in [6, 6.07) is 11.9. The van der Waals surface area contributed by atoms with E-state index in [2.05, 4.69) is 5.32 Å². The zero-order valence-electron chi connectivity index (χ0n) is 12.2. The van der Waals surface area contributed by atoms with Crippen molar-refractivity contribution >= 4 is 17.5 Å². The van der Waals surface area contributed by atoms with Gasteiger partial charge in [0.15, 0.2) is 6.61 Å². The summed E-state index contributed by atoms with van der Waals surface area (Å²) in [5.41, 5.74) is 1.57. The first-order valence-corrected chi connectivity index (χ1v) is 7.33. The Bertz CT molecular complexity index is 661. The van der Waals surface area contributed by atoms with E-state index in [-0.39, 0.29) is 18.3 Å². The van der Waals surface area contributed by atoms with Gasteiger partial charge in [-0.1, -0.05) is 35.9 Å². The molecule has 0 spiro atoms. The lowest BCUT2D eigenvalue weighted by Crippen LogP contribution is -2.30. The van der Waals surface area contributed by atoms with E-state index >= 15 is 0 Å². The summed E-state index contributed by atoms with van der Waals surface area (Å²) in [6.45, 7) is 2.14. The van der Waals surface area contributed by atoms with Gasteiger partial charge in [0.25, 0.3) is 5.91 Å². The maximum atomic E-state index is 13.4. The molecule has 0 unspecified atom stereocenters. The predicted octanol–water partition coefficient (Wildman–Crippen LogP) is 3.53. The van der Waals surface area contributed by atoms with E-state index < -0.39 is 0 Å². The highest BCUT2D eigenvalue weighted by molar-refractivity contribution is 6.32. The molecule has 2 rings (SSSR count). The number of carbonyl (C=O) groups is 1. The Hall–Kier alpha value is -2.07. The Balaban J connectivity index is 1.76. The fraction of sp³-hybridized carbons (Fsp3) is 0.235. The average molecular weight is 322 g/mol. The van der Waals surface area contributed by atoms with Crippen molar-refractivity contribution < 1.29 is 13.9 Å². The average Bonchev–Trinajstić information content (AvgIpc) is 2.50. The van der Waals surface area contributed by atoms with Gasteiger partial charge < -0.3 is 10.1 Å². The van der Waals surface area contributed by atoms with Gasteiger partial charge in [0, 0.05) is 6.54 Å². The van der Waals surface area contributed by atoms with Crippen LogP contribution in [0.2, 0.25) is 5.02 Å². The highest BCUT2D eigenvalue weighted by Crippen LogP contribution is 2.24. The second-order valence-corrected chi connectivity index (χ2v) is 5.32. The number of benzene rings is 2. The molecule has 0 saturated heterocycles. The van der Waals surface area contributed by atoms with Crippen molar-refractivity contribution in [3.05, 3.63) is 64.4 Å². The Morgan fingerprint density at radius 1 is 1.27 bits per heavy atom. The first-order valence-electron chi connectivity index (χ1n) is 6.95. The molecular weight excluding hydrogens is 305 g/mol. The lowest BCUT2D eigenvalue weighted by atomic mass is 10.1. The number of rotatable bonds is 6. The first-order chi connectivity index (χ1) is 10.6. The molecule has 1 N–H and O–H groups in total. The maximum Gasteiger partial charge on any atom is 0.257 e. The molecule has 0 fully saturated rings. The zero-order chi connectivity index (χ0) is 15.9. The van der Waals surface area contributed by atoms with Gasteiger partial charge in [0.05, 0.1) is 5.02 Å². The number of amides is 1. The fourth-order valence-corrected chi connectivity index (χ4v) is 2.13. The fourth-order valence-electron chi connectivity index (χ4n) is 1.95. The van der Waals surface area contributed by atoms with Crippen molar-refractivity contribution in [1.82, 2.24) is 5.32 Å². The van der Waals surface area contributed by atoms with Gasteiger partial charge in [-0.2, -0.15) is 0 Å². The monoisotopic (exact) mass is 321 g/mol. The van der Waals surface area contributed by atoms with Crippen LogP contribution in [0.5, 0.6) is 5.75 Å². The van der Waals surface area contributed by atoms with Crippen molar-refractivity contribution in [3.8, 4) is 5.75 Å². The van der Waals surface area contributed by atoms with Crippen molar-refractivity contribution in [2.45, 2.75) is 13.3 Å². The van der Waals surface area contributed by atoms with Gasteiger partial charge in [-0.05, 0) is 42.7 Å². The van der Waals surface area contributed by atoms with Crippen molar-refractivity contribution in [2.24, 2.45) is 0 Å². The summed E-state index contributed by atoms with van der Waals surface area (Å²) in [6.07, 6.45) is 0.434. The molecule has 0 atom stereocenters. The third kappa shape index (κ3) is 4.74. The van der Waals surface area contributed by atoms with Crippen molar-refractivity contribution in [2.75, 3.05) is 13.2 Å². The van der Waals surface area contributed by atoms with Gasteiger partial charge >= 0.3 is 0 Å². The van der Waals surface area contributed by atoms with E-state index in [4.69, 9.17) is 16.3 Å². The van der Waals surface area contributed by atoms with Crippen LogP contribution in [-0.2, 0) is 11.2 Å². The molecule has 22 heavy (non-hydrogen) atoms. The standard InChI is InChI=1S/C17H17ClFNO2/c1-12-6-7-14(18)16(10-12)22-11-17(21)20-9-8-13-4-2-3-5-15(13)19/h2-7,10H,8-9,11H2,1H3,(H,20,21). The largest absolute Gasteiger partial charge is 0.482 e. The van der Waals surface area contributed by atoms with Crippen LogP contribution in [0, 0.1) is 12.7 Å². The highest BCUT2D eigenvalue weighted by Gasteiger charge is 2.07. The SMILES string of the molecule is Cc1ccc(Cl)c(OCC(=O)NCCc2ccccc2F)c1. The molecule has 0 aromatic heterocycles. The molecule has 5 heteroatoms. The highest BCUT2D eigenvalue weighted by atomic mass is 35.5. The molecule has 2 aromatic carbocycles. The molecule has 1 amide bonds. The molecule has 0 aliphatic carbocycles. The lowest BCUT2D eigenvalue weighted by Gasteiger charge is -2.09. The third-order valence-corrected chi connectivity index (χ3v) is 3.43. The number of nitrogens with one attached hydrogen (secondary N) is 1. The van der Waals surface area contributed by atoms with Crippen molar-refractivity contribution in [1.29, 1.82) is 0 Å². The molecule has 0 bridgehead atoms. The summed E-state index contributed by atoms with van der Waals surface area (Å²) in [5, 5.41) is 3.15. The number of aryl methyl sites for hydroxylation is 1. The van der Waals surface area contributed by atoms with E-state index in [0.717, 1.165) is 5.56 Å². The lowest BCUT2D eigenvalue weighted by molar-refractivity contribution is -0.123.